The molecule has 2 aliphatic heterocycles. The maximum Gasteiger partial charge on any atom is 0.272 e. The zero-order valence-electron chi connectivity index (χ0n) is 34.0. The molecule has 4 aliphatic rings. The summed E-state index contributed by atoms with van der Waals surface area (Å²) in [6.07, 6.45) is 5.00. The van der Waals surface area contributed by atoms with E-state index >= 15 is 0 Å². The summed E-state index contributed by atoms with van der Waals surface area (Å²) in [4.78, 5) is 62.7. The van der Waals surface area contributed by atoms with E-state index in [0.717, 1.165) is 10.2 Å². The minimum Gasteiger partial charge on any atom is -0.496 e. The summed E-state index contributed by atoms with van der Waals surface area (Å²) in [5.41, 5.74) is -0.439. The van der Waals surface area contributed by atoms with Crippen LogP contribution in [-0.2, 0) is 31.0 Å². The van der Waals surface area contributed by atoms with Crippen LogP contribution in [0.15, 0.2) is 42.6 Å². The number of methoxy groups -OCH3 is 1. The van der Waals surface area contributed by atoms with Gasteiger partial charge in [-0.3, -0.25) is 28.6 Å². The zero-order valence-corrected chi connectivity index (χ0v) is 34.8. The van der Waals surface area contributed by atoms with Crippen LogP contribution in [0.1, 0.15) is 87.7 Å². The van der Waals surface area contributed by atoms with Gasteiger partial charge in [0.25, 0.3) is 18.2 Å². The fourth-order valence-corrected chi connectivity index (χ4v) is 9.33. The molecule has 16 nitrogen and oxygen atoms in total. The quantitative estimate of drug-likeness (QED) is 0.223. The number of carbonyl (C=O) groups is 4. The average molecular weight is 856 g/mol. The van der Waals surface area contributed by atoms with Crippen molar-refractivity contribution in [2.24, 2.45) is 5.92 Å². The number of allylic oxidation sites excluding steroid dienone is 1. The number of aryl methyl sites for hydroxylation is 1. The van der Waals surface area contributed by atoms with Crippen LogP contribution in [0.3, 0.4) is 0 Å². The van der Waals surface area contributed by atoms with E-state index in [1.807, 2.05) is 32.9 Å². The van der Waals surface area contributed by atoms with Crippen LogP contribution in [0.5, 0.6) is 17.4 Å². The molecular formula is C41H51F2N7O9S. The molecule has 7 rings (SSSR count). The van der Waals surface area contributed by atoms with Gasteiger partial charge in [0.05, 0.1) is 30.5 Å². The molecule has 2 aliphatic carbocycles. The Labute approximate surface area is 346 Å². The molecule has 3 aromatic rings. The lowest BCUT2D eigenvalue weighted by atomic mass is 10.0. The Morgan fingerprint density at radius 1 is 1.08 bits per heavy atom. The first kappa shape index (κ1) is 42.8. The lowest BCUT2D eigenvalue weighted by molar-refractivity contribution is -0.141. The first-order valence-corrected chi connectivity index (χ1v) is 21.9. The number of sulfonamides is 1. The predicted molar refractivity (Wildman–Crippen MR) is 214 cm³/mol. The molecule has 0 bridgehead atoms. The highest BCUT2D eigenvalue weighted by Crippen LogP contribution is 2.46. The van der Waals surface area contributed by atoms with Crippen LogP contribution in [0.25, 0.3) is 10.9 Å². The monoisotopic (exact) mass is 855 g/mol. The number of ether oxygens (including phenoxy) is 3. The Balaban J connectivity index is 1.22. The molecule has 3 fully saturated rings. The van der Waals surface area contributed by atoms with Crippen molar-refractivity contribution in [3.63, 3.8) is 0 Å². The second-order valence-electron chi connectivity index (χ2n) is 16.2. The van der Waals surface area contributed by atoms with Crippen LogP contribution < -0.4 is 29.6 Å². The van der Waals surface area contributed by atoms with E-state index in [-0.39, 0.29) is 43.5 Å². The number of halogens is 2. The van der Waals surface area contributed by atoms with Gasteiger partial charge in [-0.15, -0.1) is 0 Å². The second kappa shape index (κ2) is 17.3. The zero-order chi connectivity index (χ0) is 42.9. The fourth-order valence-electron chi connectivity index (χ4n) is 7.96. The molecule has 324 valence electrons. The number of aromatic nitrogens is 3. The van der Waals surface area contributed by atoms with Crippen LogP contribution in [0.2, 0.25) is 0 Å². The highest BCUT2D eigenvalue weighted by atomic mass is 32.2. The topological polar surface area (TPSA) is 200 Å². The molecule has 4 heterocycles. The Bertz CT molecular complexity index is 2280. The van der Waals surface area contributed by atoms with E-state index in [0.29, 0.717) is 60.9 Å². The van der Waals surface area contributed by atoms with E-state index in [1.165, 1.54) is 17.2 Å². The third kappa shape index (κ3) is 9.34. The summed E-state index contributed by atoms with van der Waals surface area (Å²) in [7, 11) is -2.40. The van der Waals surface area contributed by atoms with Gasteiger partial charge in [-0.05, 0) is 77.5 Å². The number of rotatable bonds is 12. The summed E-state index contributed by atoms with van der Waals surface area (Å²) >= 11 is 0. The van der Waals surface area contributed by atoms with Crippen molar-refractivity contribution in [1.29, 1.82) is 0 Å². The molecule has 0 spiro atoms. The van der Waals surface area contributed by atoms with Crippen molar-refractivity contribution in [3.8, 4) is 17.4 Å². The molecule has 19 heteroatoms. The number of pyridine rings is 1. The Kier molecular flexibility index (Phi) is 12.4. The predicted octanol–water partition coefficient (Wildman–Crippen LogP) is 3.95. The van der Waals surface area contributed by atoms with Gasteiger partial charge >= 0.3 is 0 Å². The largest absolute Gasteiger partial charge is 0.496 e. The molecule has 1 aromatic carbocycles. The fraction of sp³-hybridized carbons (Fsp3) is 0.561. The molecule has 0 radical (unpaired) electrons. The third-order valence-electron chi connectivity index (χ3n) is 11.3. The highest BCUT2D eigenvalue weighted by Gasteiger charge is 2.62. The number of alkyl halides is 2. The Morgan fingerprint density at radius 2 is 1.87 bits per heavy atom. The third-order valence-corrected chi connectivity index (χ3v) is 13.2. The summed E-state index contributed by atoms with van der Waals surface area (Å²) in [5.74, 6) is -2.12. The summed E-state index contributed by atoms with van der Waals surface area (Å²) in [5, 5.41) is 9.51. The number of nitrogens with zero attached hydrogens (tertiary/aromatic N) is 4. The highest BCUT2D eigenvalue weighted by molar-refractivity contribution is 7.91. The molecule has 3 N–H and O–H groups in total. The number of amides is 4. The van der Waals surface area contributed by atoms with Gasteiger partial charge in [0.1, 0.15) is 47.5 Å². The minimum atomic E-state index is -3.95. The summed E-state index contributed by atoms with van der Waals surface area (Å²) in [6, 6.07) is 4.14. The number of nitrogens with one attached hydrogen (secondary N) is 3. The van der Waals surface area contributed by atoms with Gasteiger partial charge in [0.15, 0.2) is 0 Å². The maximum absolute atomic E-state index is 14.7. The Hall–Kier alpha value is -5.33. The van der Waals surface area contributed by atoms with E-state index in [9.17, 15) is 36.4 Å². The summed E-state index contributed by atoms with van der Waals surface area (Å²) < 4.78 is 73.2. The molecule has 5 atom stereocenters. The van der Waals surface area contributed by atoms with Crippen molar-refractivity contribution < 1.29 is 50.6 Å². The number of benzene rings is 1. The molecule has 60 heavy (non-hydrogen) atoms. The van der Waals surface area contributed by atoms with E-state index < -0.39 is 81.5 Å². The number of carbonyl (C=O) groups excluding carboxylic acids is 4. The van der Waals surface area contributed by atoms with Crippen LogP contribution in [0.4, 0.5) is 8.78 Å². The number of fused-ring (bicyclic) bond motifs is 3. The van der Waals surface area contributed by atoms with E-state index in [4.69, 9.17) is 19.2 Å². The maximum atomic E-state index is 14.7. The molecule has 2 aromatic heterocycles. The molecular weight excluding hydrogens is 805 g/mol. The van der Waals surface area contributed by atoms with Gasteiger partial charge in [0.2, 0.25) is 27.7 Å². The van der Waals surface area contributed by atoms with Crippen molar-refractivity contribution >= 4 is 44.6 Å². The first-order valence-electron chi connectivity index (χ1n) is 20.4. The van der Waals surface area contributed by atoms with Gasteiger partial charge < -0.3 is 29.7 Å². The lowest BCUT2D eigenvalue weighted by Gasteiger charge is -2.29. The number of hydrogen-bond acceptors (Lipinski definition) is 11. The van der Waals surface area contributed by atoms with Crippen LogP contribution in [0, 0.1) is 12.8 Å². The molecule has 2 saturated carbocycles. The Morgan fingerprint density at radius 3 is 2.58 bits per heavy atom. The number of hydrogen-bond donors (Lipinski definition) is 3. The van der Waals surface area contributed by atoms with Gasteiger partial charge in [-0.1, -0.05) is 25.0 Å². The van der Waals surface area contributed by atoms with Gasteiger partial charge in [0, 0.05) is 35.6 Å². The SMILES string of the molecule is COc1ccc2c(O[C@@H]3C[C@H]4C(=O)N[C@]5(C(=O)NS(=O)(=O)C6CC6)CC5/C=C\CCCCC[C@H](NC(=O)c5ccn(CC(F)F)n5)C(=O)N4C3)cc(OC(C)C)nc2c1C. The van der Waals surface area contributed by atoms with Gasteiger partial charge in [-0.2, -0.15) is 5.10 Å². The van der Waals surface area contributed by atoms with E-state index in [2.05, 4.69) is 20.5 Å². The lowest BCUT2D eigenvalue weighted by Crippen LogP contribution is -2.58. The minimum absolute atomic E-state index is 0.0336. The first-order chi connectivity index (χ1) is 28.6. The van der Waals surface area contributed by atoms with Crippen LogP contribution in [-0.4, -0.2) is 107 Å². The van der Waals surface area contributed by atoms with Crippen molar-refractivity contribution in [1.82, 2.24) is 35.0 Å². The van der Waals surface area contributed by atoms with Crippen LogP contribution >= 0.6 is 0 Å². The smallest absolute Gasteiger partial charge is 0.272 e. The van der Waals surface area contributed by atoms with Crippen molar-refractivity contribution in [2.45, 2.75) is 127 Å². The standard InChI is InChI=1S/C41H51F2N7O9S/c1-23(2)58-35-19-33(28-14-15-32(57-4)24(3)36(28)45-35)59-26-18-31-38(52)46-41(40(54)48-60(55,56)27-12-13-27)20-25(41)10-8-6-5-7-9-11-30(39(53)50(31)21-26)44-37(51)29-16-17-49(47-29)22-34(42)43/h8,10,14-17,19,23,25-27,30-31,34H,5-7,9,11-13,18,20-22H2,1-4H3,(H,44,51)(H,46,52)(H,48,54)/b10-8-/t25?,26-,30+,31+,41-/m1/s1. The van der Waals surface area contributed by atoms with Crippen molar-refractivity contribution in [2.75, 3.05) is 13.7 Å². The second-order valence-corrected chi connectivity index (χ2v) is 18.2. The normalized spacial score (nSPS) is 25.4. The molecule has 1 unspecified atom stereocenters. The van der Waals surface area contributed by atoms with E-state index in [1.54, 1.807) is 25.3 Å². The average Bonchev–Trinajstić information content (AvgIpc) is 4.07. The molecule has 1 saturated heterocycles. The van der Waals surface area contributed by atoms with Crippen molar-refractivity contribution in [3.05, 3.63) is 53.9 Å². The summed E-state index contributed by atoms with van der Waals surface area (Å²) in [6.45, 7) is 4.75. The van der Waals surface area contributed by atoms with Gasteiger partial charge in [-0.25, -0.2) is 22.2 Å². The molecule has 4 amide bonds.